The van der Waals surface area contributed by atoms with Crippen molar-refractivity contribution in [1.82, 2.24) is 0 Å². The van der Waals surface area contributed by atoms with Gasteiger partial charge in [-0.1, -0.05) is 57.6 Å². The summed E-state index contributed by atoms with van der Waals surface area (Å²) in [5.41, 5.74) is 1.17. The van der Waals surface area contributed by atoms with E-state index in [2.05, 4.69) is 6.92 Å². The van der Waals surface area contributed by atoms with Gasteiger partial charge in [-0.2, -0.15) is 0 Å². The lowest BCUT2D eigenvalue weighted by molar-refractivity contribution is -0.229. The lowest BCUT2D eigenvalue weighted by Crippen LogP contribution is -2.39. The van der Waals surface area contributed by atoms with Crippen molar-refractivity contribution in [3.63, 3.8) is 0 Å². The van der Waals surface area contributed by atoms with Gasteiger partial charge >= 0.3 is 0 Å². The third-order valence-corrected chi connectivity index (χ3v) is 5.15. The van der Waals surface area contributed by atoms with Crippen LogP contribution in [0.4, 0.5) is 4.39 Å². The van der Waals surface area contributed by atoms with Crippen molar-refractivity contribution in [1.29, 1.82) is 0 Å². The number of rotatable bonds is 13. The third-order valence-electron chi connectivity index (χ3n) is 5.15. The van der Waals surface area contributed by atoms with Gasteiger partial charge in [-0.25, -0.2) is 4.39 Å². The molecule has 0 aliphatic heterocycles. The van der Waals surface area contributed by atoms with Crippen LogP contribution in [-0.4, -0.2) is 20.0 Å². The van der Waals surface area contributed by atoms with Crippen molar-refractivity contribution >= 4 is 0 Å². The highest BCUT2D eigenvalue weighted by Gasteiger charge is 2.33. The zero-order valence-corrected chi connectivity index (χ0v) is 15.9. The van der Waals surface area contributed by atoms with E-state index in [0.717, 1.165) is 19.3 Å². The summed E-state index contributed by atoms with van der Waals surface area (Å²) in [4.78, 5) is 0. The zero-order valence-electron chi connectivity index (χ0n) is 15.9. The molecule has 0 saturated heterocycles. The van der Waals surface area contributed by atoms with Crippen molar-refractivity contribution in [3.8, 4) is 0 Å². The Hall–Kier alpha value is -0.930. The van der Waals surface area contributed by atoms with Gasteiger partial charge in [-0.05, 0) is 43.9 Å². The molecule has 1 aromatic carbocycles. The molecule has 0 saturated carbocycles. The summed E-state index contributed by atoms with van der Waals surface area (Å²) >= 11 is 0. The molecular weight excluding hydrogens is 303 g/mol. The summed E-state index contributed by atoms with van der Waals surface area (Å²) in [7, 11) is 3.44. The Morgan fingerprint density at radius 2 is 1.50 bits per heavy atom. The monoisotopic (exact) mass is 338 g/mol. The average molecular weight is 339 g/mol. The fourth-order valence-electron chi connectivity index (χ4n) is 3.25. The first-order valence-electron chi connectivity index (χ1n) is 9.40. The van der Waals surface area contributed by atoms with E-state index >= 15 is 0 Å². The van der Waals surface area contributed by atoms with E-state index in [9.17, 15) is 4.39 Å². The average Bonchev–Trinajstić information content (AvgIpc) is 2.61. The van der Waals surface area contributed by atoms with E-state index in [-0.39, 0.29) is 5.82 Å². The topological polar surface area (TPSA) is 18.5 Å². The van der Waals surface area contributed by atoms with Gasteiger partial charge in [0.1, 0.15) is 5.82 Å². The summed E-state index contributed by atoms with van der Waals surface area (Å²) in [6.07, 6.45) is 10.8. The Labute approximate surface area is 147 Å². The second-order valence-electron chi connectivity index (χ2n) is 6.84. The Morgan fingerprint density at radius 3 is 2.08 bits per heavy atom. The number of hydrogen-bond acceptors (Lipinski definition) is 2. The first kappa shape index (κ1) is 21.1. The summed E-state index contributed by atoms with van der Waals surface area (Å²) in [6, 6.07) is 6.80. The van der Waals surface area contributed by atoms with Crippen molar-refractivity contribution in [2.24, 2.45) is 5.92 Å². The molecule has 0 radical (unpaired) electrons. The van der Waals surface area contributed by atoms with Crippen molar-refractivity contribution in [2.45, 2.75) is 77.4 Å². The van der Waals surface area contributed by atoms with E-state index in [1.165, 1.54) is 56.2 Å². The number of unbranched alkanes of at least 4 members (excludes halogenated alkanes) is 5. The number of halogens is 1. The molecule has 0 spiro atoms. The molecule has 138 valence electrons. The summed E-state index contributed by atoms with van der Waals surface area (Å²) < 4.78 is 24.4. The van der Waals surface area contributed by atoms with Crippen LogP contribution in [0, 0.1) is 11.7 Å². The number of aryl methyl sites for hydroxylation is 1. The highest BCUT2D eigenvalue weighted by Crippen LogP contribution is 2.31. The Kier molecular flexibility index (Phi) is 10.2. The molecule has 1 unspecified atom stereocenters. The molecule has 1 atom stereocenters. The van der Waals surface area contributed by atoms with Gasteiger partial charge in [0.2, 0.25) is 0 Å². The van der Waals surface area contributed by atoms with Gasteiger partial charge < -0.3 is 9.47 Å². The molecule has 0 aromatic heterocycles. The van der Waals surface area contributed by atoms with Gasteiger partial charge in [0.05, 0.1) is 0 Å². The molecule has 2 nitrogen and oxygen atoms in total. The third kappa shape index (κ3) is 7.31. The lowest BCUT2D eigenvalue weighted by Gasteiger charge is -2.35. The number of methoxy groups -OCH3 is 2. The summed E-state index contributed by atoms with van der Waals surface area (Å²) in [5, 5.41) is 0. The lowest BCUT2D eigenvalue weighted by atomic mass is 9.87. The van der Waals surface area contributed by atoms with Gasteiger partial charge in [0, 0.05) is 20.1 Å². The molecule has 1 rings (SSSR count). The number of hydrogen-bond donors (Lipinski definition) is 0. The Balaban J connectivity index is 2.53. The van der Waals surface area contributed by atoms with Gasteiger partial charge in [0.25, 0.3) is 0 Å². The van der Waals surface area contributed by atoms with Crippen LogP contribution >= 0.6 is 0 Å². The van der Waals surface area contributed by atoms with Crippen molar-refractivity contribution < 1.29 is 13.9 Å². The van der Waals surface area contributed by atoms with Crippen LogP contribution in [0.5, 0.6) is 0 Å². The minimum atomic E-state index is -0.552. The molecule has 1 aromatic rings. The second kappa shape index (κ2) is 11.6. The van der Waals surface area contributed by atoms with Crippen LogP contribution in [0.15, 0.2) is 24.3 Å². The minimum absolute atomic E-state index is 0.180. The van der Waals surface area contributed by atoms with Crippen LogP contribution in [0.1, 0.15) is 70.8 Å². The van der Waals surface area contributed by atoms with Gasteiger partial charge in [-0.15, -0.1) is 0 Å². The van der Waals surface area contributed by atoms with E-state index in [1.54, 1.807) is 14.2 Å². The van der Waals surface area contributed by atoms with Crippen LogP contribution < -0.4 is 0 Å². The second-order valence-corrected chi connectivity index (χ2v) is 6.84. The first-order valence-corrected chi connectivity index (χ1v) is 9.40. The Morgan fingerprint density at radius 1 is 0.917 bits per heavy atom. The maximum atomic E-state index is 13.0. The molecule has 0 aliphatic rings. The maximum Gasteiger partial charge on any atom is 0.167 e. The van der Waals surface area contributed by atoms with E-state index < -0.39 is 5.79 Å². The van der Waals surface area contributed by atoms with Crippen LogP contribution in [0.25, 0.3) is 0 Å². The van der Waals surface area contributed by atoms with E-state index in [4.69, 9.17) is 9.47 Å². The summed E-state index contributed by atoms with van der Waals surface area (Å²) in [5.74, 6) is -0.395. The highest BCUT2D eigenvalue weighted by molar-refractivity contribution is 5.16. The standard InChI is InChI=1S/C21H35FO2/c1-5-6-7-8-9-10-11-19(21(2,23-3)24-4)15-12-18-13-16-20(22)17-14-18/h13-14,16-17,19H,5-12,15H2,1-4H3. The van der Waals surface area contributed by atoms with E-state index in [1.807, 2.05) is 19.1 Å². The molecule has 24 heavy (non-hydrogen) atoms. The van der Waals surface area contributed by atoms with Crippen molar-refractivity contribution in [2.75, 3.05) is 14.2 Å². The number of benzene rings is 1. The molecule has 0 aliphatic carbocycles. The SMILES string of the molecule is CCCCCCCCC(CCc1ccc(F)cc1)C(C)(OC)OC. The molecule has 0 fully saturated rings. The largest absolute Gasteiger partial charge is 0.353 e. The fourth-order valence-corrected chi connectivity index (χ4v) is 3.25. The molecule has 0 N–H and O–H groups in total. The van der Waals surface area contributed by atoms with Gasteiger partial charge in [0.15, 0.2) is 5.79 Å². The smallest absolute Gasteiger partial charge is 0.167 e. The zero-order chi connectivity index (χ0) is 17.8. The number of ether oxygens (including phenoxy) is 2. The summed E-state index contributed by atoms with van der Waals surface area (Å²) in [6.45, 7) is 4.27. The molecular formula is C21H35FO2. The Bertz CT molecular complexity index is 426. The molecule has 3 heteroatoms. The minimum Gasteiger partial charge on any atom is -0.353 e. The predicted molar refractivity (Wildman–Crippen MR) is 98.6 cm³/mol. The van der Waals surface area contributed by atoms with Crippen LogP contribution in [0.2, 0.25) is 0 Å². The van der Waals surface area contributed by atoms with Gasteiger partial charge in [-0.3, -0.25) is 0 Å². The normalized spacial score (nSPS) is 13.2. The molecule has 0 amide bonds. The quantitative estimate of drug-likeness (QED) is 0.318. The molecule has 0 bridgehead atoms. The maximum absolute atomic E-state index is 13.0. The molecule has 0 heterocycles. The predicted octanol–water partition coefficient (Wildman–Crippen LogP) is 6.13. The van der Waals surface area contributed by atoms with Crippen molar-refractivity contribution in [3.05, 3.63) is 35.6 Å². The highest BCUT2D eigenvalue weighted by atomic mass is 19.1. The van der Waals surface area contributed by atoms with E-state index in [0.29, 0.717) is 5.92 Å². The fraction of sp³-hybridized carbons (Fsp3) is 0.714. The first-order chi connectivity index (χ1) is 11.6. The van der Waals surface area contributed by atoms with Crippen LogP contribution in [-0.2, 0) is 15.9 Å². The van der Waals surface area contributed by atoms with Crippen LogP contribution in [0.3, 0.4) is 0 Å².